The number of benzene rings is 3. The second-order valence-corrected chi connectivity index (χ2v) is 12.9. The number of carbonyl (C=O) groups is 5. The van der Waals surface area contributed by atoms with Gasteiger partial charge in [-0.25, -0.2) is 4.39 Å². The summed E-state index contributed by atoms with van der Waals surface area (Å²) in [5.74, 6) is -1.09. The van der Waals surface area contributed by atoms with Crippen molar-refractivity contribution in [3.05, 3.63) is 95.8 Å². The van der Waals surface area contributed by atoms with Gasteiger partial charge in [-0.3, -0.25) is 24.0 Å². The molecule has 3 saturated heterocycles. The van der Waals surface area contributed by atoms with Crippen molar-refractivity contribution in [3.63, 3.8) is 0 Å². The minimum Gasteiger partial charge on any atom is -0.484 e. The predicted octanol–water partition coefficient (Wildman–Crippen LogP) is 3.89. The molecule has 262 valence electrons. The van der Waals surface area contributed by atoms with E-state index in [0.29, 0.717) is 75.3 Å². The third-order valence-electron chi connectivity index (χ3n) is 9.57. The predicted molar refractivity (Wildman–Crippen MR) is 184 cm³/mol. The molecule has 0 saturated carbocycles. The van der Waals surface area contributed by atoms with Gasteiger partial charge in [0.05, 0.1) is 6.04 Å². The number of halogens is 1. The summed E-state index contributed by atoms with van der Waals surface area (Å²) >= 11 is 0. The standard InChI is InChI=1S/C38H42FN5O6/c39-29-13-17-32(18-14-29)50-26-35(46)44-25-31-24-33(44)36(47)40-19-4-5-20-41(21-7-23-43(31)38(49)27-8-2-1-3-9-27)37(48)28-11-15-30(16-12-28)42-22-6-10-34(42)45/h1-3,8-9,11-18,31,33H,4-7,10,19-26H2,(H,40,47)/t31-,33-/m0/s1. The van der Waals surface area contributed by atoms with Crippen LogP contribution in [-0.4, -0.2) is 102 Å². The minimum absolute atomic E-state index is 0.0833. The Kier molecular flexibility index (Phi) is 11.0. The molecule has 1 N–H and O–H groups in total. The lowest BCUT2D eigenvalue weighted by Crippen LogP contribution is -2.47. The van der Waals surface area contributed by atoms with E-state index in [2.05, 4.69) is 5.32 Å². The number of rotatable bonds is 6. The van der Waals surface area contributed by atoms with Crippen LogP contribution in [0.2, 0.25) is 0 Å². The molecule has 3 aliphatic heterocycles. The second kappa shape index (κ2) is 16.0. The number of nitrogens with one attached hydrogen (secondary N) is 1. The van der Waals surface area contributed by atoms with E-state index in [1.807, 2.05) is 18.2 Å². The van der Waals surface area contributed by atoms with Gasteiger partial charge in [-0.15, -0.1) is 0 Å². The van der Waals surface area contributed by atoms with Crippen molar-refractivity contribution in [2.45, 2.75) is 50.6 Å². The number of likely N-dealkylation sites (tertiary alicyclic amines) is 1. The van der Waals surface area contributed by atoms with Crippen LogP contribution in [0.15, 0.2) is 78.9 Å². The van der Waals surface area contributed by atoms with Gasteiger partial charge in [0.2, 0.25) is 11.8 Å². The van der Waals surface area contributed by atoms with Gasteiger partial charge in [-0.1, -0.05) is 18.2 Å². The molecule has 0 radical (unpaired) electrons. The quantitative estimate of drug-likeness (QED) is 0.422. The summed E-state index contributed by atoms with van der Waals surface area (Å²) in [7, 11) is 0. The van der Waals surface area contributed by atoms with E-state index in [1.165, 1.54) is 29.2 Å². The van der Waals surface area contributed by atoms with E-state index in [1.54, 1.807) is 51.1 Å². The molecule has 50 heavy (non-hydrogen) atoms. The molecule has 0 spiro atoms. The smallest absolute Gasteiger partial charge is 0.261 e. The number of hydrogen-bond acceptors (Lipinski definition) is 6. The highest BCUT2D eigenvalue weighted by Gasteiger charge is 2.43. The highest BCUT2D eigenvalue weighted by atomic mass is 19.1. The van der Waals surface area contributed by atoms with Crippen molar-refractivity contribution in [2.24, 2.45) is 0 Å². The first-order chi connectivity index (χ1) is 24.3. The number of amides is 5. The highest BCUT2D eigenvalue weighted by Crippen LogP contribution is 2.26. The summed E-state index contributed by atoms with van der Waals surface area (Å²) in [5.41, 5.74) is 1.78. The summed E-state index contributed by atoms with van der Waals surface area (Å²) < 4.78 is 19.0. The van der Waals surface area contributed by atoms with E-state index in [-0.39, 0.29) is 43.2 Å². The molecule has 3 heterocycles. The zero-order chi connectivity index (χ0) is 35.0. The Morgan fingerprint density at radius 2 is 1.48 bits per heavy atom. The summed E-state index contributed by atoms with van der Waals surface area (Å²) in [5, 5.41) is 2.96. The molecule has 3 fully saturated rings. The molecule has 0 aliphatic carbocycles. The van der Waals surface area contributed by atoms with Crippen LogP contribution in [0.3, 0.4) is 0 Å². The van der Waals surface area contributed by atoms with Crippen molar-refractivity contribution >= 4 is 35.2 Å². The van der Waals surface area contributed by atoms with Crippen LogP contribution in [-0.2, 0) is 14.4 Å². The number of anilines is 1. The summed E-state index contributed by atoms with van der Waals surface area (Å²) in [4.78, 5) is 73.7. The van der Waals surface area contributed by atoms with Gasteiger partial charge in [0.1, 0.15) is 17.6 Å². The molecule has 2 atom stereocenters. The topological polar surface area (TPSA) is 120 Å². The van der Waals surface area contributed by atoms with Gasteiger partial charge in [-0.2, -0.15) is 0 Å². The molecule has 6 rings (SSSR count). The van der Waals surface area contributed by atoms with Gasteiger partial charge >= 0.3 is 0 Å². The van der Waals surface area contributed by atoms with E-state index >= 15 is 0 Å². The SMILES string of the molecule is O=C1NCCCCN(C(=O)c2ccc(N3CCCC3=O)cc2)CCCN(C(=O)c2ccccc2)[C@H]2C[C@@H]1N(C(=O)COc1ccc(F)cc1)C2. The number of hydrogen-bond donors (Lipinski definition) is 1. The van der Waals surface area contributed by atoms with E-state index in [9.17, 15) is 28.4 Å². The number of ether oxygens (including phenoxy) is 1. The summed E-state index contributed by atoms with van der Waals surface area (Å²) in [6.45, 7) is 2.00. The molecule has 11 nitrogen and oxygen atoms in total. The second-order valence-electron chi connectivity index (χ2n) is 12.9. The first-order valence-corrected chi connectivity index (χ1v) is 17.3. The molecule has 0 unspecified atom stereocenters. The first kappa shape index (κ1) is 34.6. The van der Waals surface area contributed by atoms with Crippen molar-refractivity contribution in [3.8, 4) is 5.75 Å². The van der Waals surface area contributed by atoms with Gasteiger partial charge in [0, 0.05) is 62.5 Å². The molecule has 2 bridgehead atoms. The Hall–Kier alpha value is -5.26. The van der Waals surface area contributed by atoms with Crippen LogP contribution in [0, 0.1) is 5.82 Å². The Balaban J connectivity index is 1.19. The van der Waals surface area contributed by atoms with Crippen LogP contribution in [0.1, 0.15) is 59.2 Å². The fraction of sp³-hybridized carbons (Fsp3) is 0.395. The monoisotopic (exact) mass is 683 g/mol. The fourth-order valence-electron chi connectivity index (χ4n) is 6.91. The zero-order valence-corrected chi connectivity index (χ0v) is 28.0. The Bertz CT molecular complexity index is 1690. The third-order valence-corrected chi connectivity index (χ3v) is 9.57. The lowest BCUT2D eigenvalue weighted by molar-refractivity contribution is -0.140. The van der Waals surface area contributed by atoms with Crippen molar-refractivity contribution < 1.29 is 33.1 Å². The Morgan fingerprint density at radius 1 is 0.760 bits per heavy atom. The molecular weight excluding hydrogens is 641 g/mol. The van der Waals surface area contributed by atoms with Crippen molar-refractivity contribution in [1.82, 2.24) is 20.0 Å². The van der Waals surface area contributed by atoms with Crippen LogP contribution < -0.4 is 15.0 Å². The molecular formula is C38H42FN5O6. The zero-order valence-electron chi connectivity index (χ0n) is 28.0. The van der Waals surface area contributed by atoms with Gasteiger partial charge in [-0.05, 0) is 92.8 Å². The number of carbonyl (C=O) groups excluding carboxylic acids is 5. The molecule has 3 aromatic carbocycles. The van der Waals surface area contributed by atoms with E-state index < -0.39 is 23.8 Å². The summed E-state index contributed by atoms with van der Waals surface area (Å²) in [6.07, 6.45) is 3.35. The normalized spacial score (nSPS) is 20.3. The lowest BCUT2D eigenvalue weighted by atomic mass is 10.1. The van der Waals surface area contributed by atoms with Crippen molar-refractivity contribution in [2.75, 3.05) is 50.8 Å². The minimum atomic E-state index is -0.796. The van der Waals surface area contributed by atoms with Crippen LogP contribution >= 0.6 is 0 Å². The largest absolute Gasteiger partial charge is 0.484 e. The molecule has 3 aromatic rings. The van der Waals surface area contributed by atoms with Gasteiger partial charge < -0.3 is 29.7 Å². The maximum atomic E-state index is 14.0. The van der Waals surface area contributed by atoms with Gasteiger partial charge in [0.15, 0.2) is 6.61 Å². The van der Waals surface area contributed by atoms with Crippen LogP contribution in [0.5, 0.6) is 5.75 Å². The number of fused-ring (bicyclic) bond motifs is 2. The van der Waals surface area contributed by atoms with Gasteiger partial charge in [0.25, 0.3) is 17.7 Å². The van der Waals surface area contributed by atoms with E-state index in [4.69, 9.17) is 4.74 Å². The molecule has 12 heteroatoms. The number of nitrogens with zero attached hydrogens (tertiary/aromatic N) is 4. The highest BCUT2D eigenvalue weighted by molar-refractivity contribution is 5.98. The van der Waals surface area contributed by atoms with E-state index in [0.717, 1.165) is 12.1 Å². The average Bonchev–Trinajstić information content (AvgIpc) is 3.78. The van der Waals surface area contributed by atoms with Crippen LogP contribution in [0.25, 0.3) is 0 Å². The first-order valence-electron chi connectivity index (χ1n) is 17.3. The molecule has 3 aliphatic rings. The Labute approximate surface area is 291 Å². The van der Waals surface area contributed by atoms with Crippen molar-refractivity contribution in [1.29, 1.82) is 0 Å². The molecule has 0 aromatic heterocycles. The average molecular weight is 684 g/mol. The maximum absolute atomic E-state index is 14.0. The third kappa shape index (κ3) is 8.12. The van der Waals surface area contributed by atoms with Crippen LogP contribution in [0.4, 0.5) is 10.1 Å². The molecule has 5 amide bonds. The Morgan fingerprint density at radius 3 is 2.20 bits per heavy atom. The lowest BCUT2D eigenvalue weighted by Gasteiger charge is -2.31. The maximum Gasteiger partial charge on any atom is 0.261 e. The fourth-order valence-corrected chi connectivity index (χ4v) is 6.91. The summed E-state index contributed by atoms with van der Waals surface area (Å²) in [6, 6.07) is 20.1.